The molecule has 0 saturated carbocycles. The van der Waals surface area contributed by atoms with Gasteiger partial charge in [-0.1, -0.05) is 84.1 Å². The highest BCUT2D eigenvalue weighted by atomic mass is 32.2. The Hall–Kier alpha value is -3.18. The van der Waals surface area contributed by atoms with Crippen LogP contribution in [0.25, 0.3) is 22.6 Å². The summed E-state index contributed by atoms with van der Waals surface area (Å²) < 4.78 is 5.66. The van der Waals surface area contributed by atoms with Gasteiger partial charge in [0.1, 0.15) is 0 Å². The Morgan fingerprint density at radius 1 is 0.821 bits per heavy atom. The monoisotopic (exact) mass is 386 g/mol. The minimum absolute atomic E-state index is 0.0275. The van der Waals surface area contributed by atoms with Crippen LogP contribution in [0, 0.1) is 6.92 Å². The predicted molar refractivity (Wildman–Crippen MR) is 111 cm³/mol. The first kappa shape index (κ1) is 18.2. The molecule has 28 heavy (non-hydrogen) atoms. The number of thioether (sulfide) groups is 1. The third-order valence-corrected chi connectivity index (χ3v) is 5.16. The third kappa shape index (κ3) is 4.21. The predicted octanol–water partition coefficient (Wildman–Crippen LogP) is 5.69. The van der Waals surface area contributed by atoms with E-state index < -0.39 is 0 Å². The summed E-state index contributed by atoms with van der Waals surface area (Å²) in [4.78, 5) is 12.5. The highest BCUT2D eigenvalue weighted by Gasteiger charge is 2.12. The van der Waals surface area contributed by atoms with E-state index in [1.54, 1.807) is 0 Å². The number of benzene rings is 3. The van der Waals surface area contributed by atoms with E-state index in [0.717, 1.165) is 16.7 Å². The fourth-order valence-corrected chi connectivity index (χ4v) is 3.43. The normalized spacial score (nSPS) is 10.8. The molecular formula is C23H18N2O2S. The van der Waals surface area contributed by atoms with Crippen molar-refractivity contribution in [3.63, 3.8) is 0 Å². The lowest BCUT2D eigenvalue weighted by Crippen LogP contribution is -2.02. The zero-order chi connectivity index (χ0) is 19.3. The van der Waals surface area contributed by atoms with Crippen molar-refractivity contribution in [1.82, 2.24) is 10.2 Å². The maximum absolute atomic E-state index is 12.5. The van der Waals surface area contributed by atoms with Gasteiger partial charge < -0.3 is 4.42 Å². The molecule has 0 amide bonds. The number of Topliss-reactive ketones (excluding diaryl/α,β-unsaturated/α-hetero) is 1. The number of hydrogen-bond donors (Lipinski definition) is 0. The zero-order valence-electron chi connectivity index (χ0n) is 15.3. The average Bonchev–Trinajstić information content (AvgIpc) is 3.22. The van der Waals surface area contributed by atoms with Crippen LogP contribution in [0.4, 0.5) is 0 Å². The van der Waals surface area contributed by atoms with Crippen molar-refractivity contribution >= 4 is 17.5 Å². The van der Waals surface area contributed by atoms with Crippen molar-refractivity contribution in [2.75, 3.05) is 5.75 Å². The summed E-state index contributed by atoms with van der Waals surface area (Å²) in [6, 6.07) is 25.6. The maximum atomic E-state index is 12.5. The van der Waals surface area contributed by atoms with E-state index in [0.29, 0.717) is 16.7 Å². The summed E-state index contributed by atoms with van der Waals surface area (Å²) >= 11 is 1.25. The molecule has 0 atom stereocenters. The Balaban J connectivity index is 1.39. The SMILES string of the molecule is Cc1ccc(-c2nnc(SCC(=O)c3ccc(-c4ccccc4)cc3)o2)cc1. The summed E-state index contributed by atoms with van der Waals surface area (Å²) in [5.74, 6) is 0.738. The summed E-state index contributed by atoms with van der Waals surface area (Å²) in [6.07, 6.45) is 0. The van der Waals surface area contributed by atoms with E-state index in [2.05, 4.69) is 10.2 Å². The fraction of sp³-hybridized carbons (Fsp3) is 0.0870. The number of aromatic nitrogens is 2. The van der Waals surface area contributed by atoms with Crippen LogP contribution < -0.4 is 0 Å². The topological polar surface area (TPSA) is 56.0 Å². The van der Waals surface area contributed by atoms with Gasteiger partial charge in [0, 0.05) is 11.1 Å². The van der Waals surface area contributed by atoms with Crippen LogP contribution in [0.5, 0.6) is 0 Å². The van der Waals surface area contributed by atoms with E-state index in [4.69, 9.17) is 4.42 Å². The largest absolute Gasteiger partial charge is 0.411 e. The van der Waals surface area contributed by atoms with Crippen molar-refractivity contribution < 1.29 is 9.21 Å². The molecule has 0 bridgehead atoms. The molecule has 138 valence electrons. The Bertz CT molecular complexity index is 1070. The molecule has 1 heterocycles. The number of rotatable bonds is 6. The number of carbonyl (C=O) groups excluding carboxylic acids is 1. The first-order valence-corrected chi connectivity index (χ1v) is 9.89. The van der Waals surface area contributed by atoms with Crippen molar-refractivity contribution in [3.05, 3.63) is 90.0 Å². The minimum atomic E-state index is 0.0275. The number of ketones is 1. The van der Waals surface area contributed by atoms with E-state index >= 15 is 0 Å². The minimum Gasteiger partial charge on any atom is -0.411 e. The third-order valence-electron chi connectivity index (χ3n) is 4.35. The van der Waals surface area contributed by atoms with Crippen LogP contribution in [0.3, 0.4) is 0 Å². The number of nitrogens with zero attached hydrogens (tertiary/aromatic N) is 2. The summed E-state index contributed by atoms with van der Waals surface area (Å²) in [7, 11) is 0. The van der Waals surface area contributed by atoms with Crippen molar-refractivity contribution in [3.8, 4) is 22.6 Å². The van der Waals surface area contributed by atoms with Crippen LogP contribution in [-0.2, 0) is 0 Å². The molecule has 0 saturated heterocycles. The Morgan fingerprint density at radius 2 is 1.46 bits per heavy atom. The lowest BCUT2D eigenvalue weighted by molar-refractivity contribution is 0.102. The second-order valence-electron chi connectivity index (χ2n) is 6.39. The molecule has 3 aromatic carbocycles. The van der Waals surface area contributed by atoms with Crippen LogP contribution in [0.1, 0.15) is 15.9 Å². The molecule has 5 heteroatoms. The summed E-state index contributed by atoms with van der Waals surface area (Å²) in [5, 5.41) is 8.49. The first-order valence-electron chi connectivity index (χ1n) is 8.91. The molecule has 4 aromatic rings. The van der Waals surface area contributed by atoms with Crippen LogP contribution >= 0.6 is 11.8 Å². The maximum Gasteiger partial charge on any atom is 0.277 e. The second kappa shape index (κ2) is 8.23. The first-order chi connectivity index (χ1) is 13.7. The number of hydrogen-bond acceptors (Lipinski definition) is 5. The van der Waals surface area contributed by atoms with E-state index in [-0.39, 0.29) is 11.5 Å². The molecule has 0 aliphatic carbocycles. The highest BCUT2D eigenvalue weighted by Crippen LogP contribution is 2.25. The number of aryl methyl sites for hydroxylation is 1. The lowest BCUT2D eigenvalue weighted by Gasteiger charge is -2.03. The van der Waals surface area contributed by atoms with Crippen LogP contribution in [0.15, 0.2) is 88.5 Å². The van der Waals surface area contributed by atoms with Crippen molar-refractivity contribution in [2.24, 2.45) is 0 Å². The van der Waals surface area contributed by atoms with Gasteiger partial charge in [0.05, 0.1) is 5.75 Å². The Kier molecular flexibility index (Phi) is 5.35. The van der Waals surface area contributed by atoms with Gasteiger partial charge in [-0.25, -0.2) is 0 Å². The summed E-state index contributed by atoms with van der Waals surface area (Å²) in [5.41, 5.74) is 4.93. The van der Waals surface area contributed by atoms with Crippen LogP contribution in [0.2, 0.25) is 0 Å². The molecule has 4 rings (SSSR count). The average molecular weight is 386 g/mol. The van der Waals surface area contributed by atoms with E-state index in [1.165, 1.54) is 17.3 Å². The number of carbonyl (C=O) groups is 1. The molecular weight excluding hydrogens is 368 g/mol. The van der Waals surface area contributed by atoms with Gasteiger partial charge in [-0.3, -0.25) is 4.79 Å². The smallest absolute Gasteiger partial charge is 0.277 e. The molecule has 0 fully saturated rings. The van der Waals surface area contributed by atoms with Crippen molar-refractivity contribution in [1.29, 1.82) is 0 Å². The van der Waals surface area contributed by atoms with E-state index in [1.807, 2.05) is 85.8 Å². The molecule has 1 aromatic heterocycles. The van der Waals surface area contributed by atoms with Gasteiger partial charge in [-0.05, 0) is 30.2 Å². The van der Waals surface area contributed by atoms with Gasteiger partial charge in [0.2, 0.25) is 5.89 Å². The molecule has 0 unspecified atom stereocenters. The molecule has 4 nitrogen and oxygen atoms in total. The van der Waals surface area contributed by atoms with Gasteiger partial charge >= 0.3 is 0 Å². The zero-order valence-corrected chi connectivity index (χ0v) is 16.1. The van der Waals surface area contributed by atoms with Crippen molar-refractivity contribution in [2.45, 2.75) is 12.1 Å². The molecule has 0 aliphatic rings. The molecule has 0 aliphatic heterocycles. The van der Waals surface area contributed by atoms with Gasteiger partial charge in [-0.2, -0.15) is 0 Å². The van der Waals surface area contributed by atoms with Gasteiger partial charge in [-0.15, -0.1) is 10.2 Å². The quantitative estimate of drug-likeness (QED) is 0.315. The second-order valence-corrected chi connectivity index (χ2v) is 7.32. The lowest BCUT2D eigenvalue weighted by atomic mass is 10.0. The fourth-order valence-electron chi connectivity index (χ4n) is 2.77. The van der Waals surface area contributed by atoms with E-state index in [9.17, 15) is 4.79 Å². The Morgan fingerprint density at radius 3 is 2.18 bits per heavy atom. The molecule has 0 spiro atoms. The summed E-state index contributed by atoms with van der Waals surface area (Å²) in [6.45, 7) is 2.02. The standard InChI is InChI=1S/C23H18N2O2S/c1-16-7-9-20(10-8-16)22-24-25-23(27-22)28-15-21(26)19-13-11-18(12-14-19)17-5-3-2-4-6-17/h2-14H,15H2,1H3. The van der Waals surface area contributed by atoms with Gasteiger partial charge in [0.15, 0.2) is 5.78 Å². The Labute approximate surface area is 167 Å². The van der Waals surface area contributed by atoms with Gasteiger partial charge in [0.25, 0.3) is 5.22 Å². The molecule has 0 N–H and O–H groups in total. The molecule has 0 radical (unpaired) electrons. The van der Waals surface area contributed by atoms with Crippen LogP contribution in [-0.4, -0.2) is 21.7 Å². The highest BCUT2D eigenvalue weighted by molar-refractivity contribution is 7.99.